The number of carbonyl (C=O) groups excluding carboxylic acids is 1. The van der Waals surface area contributed by atoms with Crippen LogP contribution in [-0.2, 0) is 20.4 Å². The first-order chi connectivity index (χ1) is 9.84. The van der Waals surface area contributed by atoms with Gasteiger partial charge in [-0.15, -0.1) is 0 Å². The zero-order valence-corrected chi connectivity index (χ0v) is 13.8. The molecular weight excluding hydrogens is 290 g/mol. The summed E-state index contributed by atoms with van der Waals surface area (Å²) in [5.74, 6) is -0.896. The van der Waals surface area contributed by atoms with Crippen molar-refractivity contribution in [1.29, 1.82) is 0 Å². The minimum atomic E-state index is -0.876. The van der Waals surface area contributed by atoms with Crippen LogP contribution in [0.5, 0.6) is 0 Å². The lowest BCUT2D eigenvalue weighted by atomic mass is 9.69. The molecule has 1 aliphatic carbocycles. The Labute approximate surface area is 129 Å². The number of carboxylic acids is 1. The van der Waals surface area contributed by atoms with E-state index >= 15 is 0 Å². The third kappa shape index (κ3) is 6.59. The van der Waals surface area contributed by atoms with Crippen LogP contribution in [0.1, 0.15) is 58.3 Å². The van der Waals surface area contributed by atoms with Crippen LogP contribution < -0.4 is 5.32 Å². The monoisotopic (exact) mass is 317 g/mol. The fourth-order valence-corrected chi connectivity index (χ4v) is 3.47. The highest BCUT2D eigenvalue weighted by molar-refractivity contribution is 7.84. The van der Waals surface area contributed by atoms with Crippen LogP contribution in [0.4, 0.5) is 0 Å². The molecular formula is C15H27NO4S. The van der Waals surface area contributed by atoms with Crippen LogP contribution in [0, 0.1) is 5.41 Å². The van der Waals surface area contributed by atoms with Crippen molar-refractivity contribution >= 4 is 22.7 Å². The van der Waals surface area contributed by atoms with E-state index in [0.29, 0.717) is 19.4 Å². The van der Waals surface area contributed by atoms with Gasteiger partial charge in [-0.3, -0.25) is 13.8 Å². The minimum absolute atomic E-state index is 0.0629. The summed E-state index contributed by atoms with van der Waals surface area (Å²) in [4.78, 5) is 23.1. The van der Waals surface area contributed by atoms with E-state index in [4.69, 9.17) is 5.11 Å². The maximum atomic E-state index is 12.1. The average Bonchev–Trinajstić information content (AvgIpc) is 2.38. The van der Waals surface area contributed by atoms with Crippen LogP contribution >= 0.6 is 0 Å². The molecule has 0 heterocycles. The topological polar surface area (TPSA) is 83.5 Å². The maximum Gasteiger partial charge on any atom is 0.303 e. The van der Waals surface area contributed by atoms with Gasteiger partial charge in [0.05, 0.1) is 6.42 Å². The molecule has 1 fully saturated rings. The van der Waals surface area contributed by atoms with Crippen LogP contribution in [-0.4, -0.2) is 39.2 Å². The van der Waals surface area contributed by atoms with Crippen LogP contribution in [0.2, 0.25) is 0 Å². The zero-order chi connectivity index (χ0) is 15.9. The number of hydrogen-bond donors (Lipinski definition) is 2. The number of aliphatic carboxylic acids is 1. The molecule has 1 rings (SSSR count). The van der Waals surface area contributed by atoms with Crippen molar-refractivity contribution in [2.24, 2.45) is 5.41 Å². The second-order valence-electron chi connectivity index (χ2n) is 6.26. The Morgan fingerprint density at radius 3 is 2.38 bits per heavy atom. The van der Waals surface area contributed by atoms with Crippen molar-refractivity contribution < 1.29 is 18.9 Å². The smallest absolute Gasteiger partial charge is 0.303 e. The Balaban J connectivity index is 2.45. The van der Waals surface area contributed by atoms with Gasteiger partial charge in [0, 0.05) is 35.3 Å². The highest BCUT2D eigenvalue weighted by Gasteiger charge is 2.36. The third-order valence-electron chi connectivity index (χ3n) is 4.42. The Bertz CT molecular complexity index is 391. The van der Waals surface area contributed by atoms with E-state index in [9.17, 15) is 13.8 Å². The predicted octanol–water partition coefficient (Wildman–Crippen LogP) is 2.08. The molecule has 2 N–H and O–H groups in total. The minimum Gasteiger partial charge on any atom is -0.481 e. The first-order valence-corrected chi connectivity index (χ1v) is 9.27. The summed E-state index contributed by atoms with van der Waals surface area (Å²) in [6, 6.07) is 0. The average molecular weight is 317 g/mol. The molecule has 6 heteroatoms. The second-order valence-corrected chi connectivity index (χ2v) is 8.06. The van der Waals surface area contributed by atoms with E-state index in [1.54, 1.807) is 6.26 Å². The van der Waals surface area contributed by atoms with E-state index in [1.165, 1.54) is 0 Å². The number of amides is 1. The number of nitrogens with one attached hydrogen (secondary N) is 1. The number of hydrogen-bond acceptors (Lipinski definition) is 3. The lowest BCUT2D eigenvalue weighted by Gasteiger charge is -2.35. The molecule has 1 amide bonds. The van der Waals surface area contributed by atoms with Crippen molar-refractivity contribution in [3.05, 3.63) is 0 Å². The van der Waals surface area contributed by atoms with Gasteiger partial charge in [-0.2, -0.15) is 0 Å². The van der Waals surface area contributed by atoms with E-state index in [1.807, 2.05) is 6.92 Å². The number of rotatable bonds is 8. The predicted molar refractivity (Wildman–Crippen MR) is 83.5 cm³/mol. The Kier molecular flexibility index (Phi) is 7.35. The highest BCUT2D eigenvalue weighted by Crippen LogP contribution is 2.42. The van der Waals surface area contributed by atoms with E-state index in [2.05, 4.69) is 5.32 Å². The zero-order valence-electron chi connectivity index (χ0n) is 13.0. The molecule has 0 spiro atoms. The molecule has 122 valence electrons. The molecule has 0 bridgehead atoms. The molecule has 0 aromatic carbocycles. The lowest BCUT2D eigenvalue weighted by Crippen LogP contribution is -2.36. The van der Waals surface area contributed by atoms with Crippen molar-refractivity contribution in [3.8, 4) is 0 Å². The summed E-state index contributed by atoms with van der Waals surface area (Å²) in [5.41, 5.74) is -0.368. The van der Waals surface area contributed by atoms with Gasteiger partial charge in [-0.25, -0.2) is 0 Å². The molecule has 21 heavy (non-hydrogen) atoms. The third-order valence-corrected chi connectivity index (χ3v) is 5.78. The molecule has 1 saturated carbocycles. The molecule has 2 unspecified atom stereocenters. The normalized spacial score (nSPS) is 20.5. The molecule has 0 aromatic heterocycles. The maximum absolute atomic E-state index is 12.1. The highest BCUT2D eigenvalue weighted by atomic mass is 32.2. The summed E-state index contributed by atoms with van der Waals surface area (Å²) in [5, 5.41) is 12.0. The Morgan fingerprint density at radius 2 is 1.86 bits per heavy atom. The largest absolute Gasteiger partial charge is 0.481 e. The molecule has 1 aliphatic rings. The van der Waals surface area contributed by atoms with Crippen molar-refractivity contribution in [2.75, 3.05) is 12.8 Å². The van der Waals surface area contributed by atoms with Gasteiger partial charge >= 0.3 is 5.97 Å². The molecule has 0 saturated heterocycles. The van der Waals surface area contributed by atoms with E-state index < -0.39 is 16.8 Å². The standard InChI is InChI=1S/C15H27NO4S/c1-12(21(2)20)6-9-16-13(17)10-15(11-14(18)19)7-4-3-5-8-15/h12H,3-11H2,1-2H3,(H,16,17)(H,18,19). The summed E-state index contributed by atoms with van der Waals surface area (Å²) in [6.07, 6.45) is 7.50. The first-order valence-electron chi connectivity index (χ1n) is 7.65. The molecule has 0 aliphatic heterocycles. The SMILES string of the molecule is CC(CCNC(=O)CC1(CC(=O)O)CCCCC1)S(C)=O. The van der Waals surface area contributed by atoms with E-state index in [0.717, 1.165) is 32.1 Å². The van der Waals surface area contributed by atoms with Crippen molar-refractivity contribution in [3.63, 3.8) is 0 Å². The molecule has 2 atom stereocenters. The van der Waals surface area contributed by atoms with Gasteiger partial charge in [0.1, 0.15) is 0 Å². The van der Waals surface area contributed by atoms with Gasteiger partial charge < -0.3 is 10.4 Å². The van der Waals surface area contributed by atoms with Crippen LogP contribution in [0.3, 0.4) is 0 Å². The van der Waals surface area contributed by atoms with Gasteiger partial charge in [0.15, 0.2) is 0 Å². The van der Waals surface area contributed by atoms with Gasteiger partial charge in [0.2, 0.25) is 5.91 Å². The van der Waals surface area contributed by atoms with Gasteiger partial charge in [-0.05, 0) is 24.7 Å². The summed E-state index contributed by atoms with van der Waals surface area (Å²) in [6.45, 7) is 2.40. The fraction of sp³-hybridized carbons (Fsp3) is 0.867. The van der Waals surface area contributed by atoms with Gasteiger partial charge in [-0.1, -0.05) is 26.2 Å². The molecule has 0 aromatic rings. The summed E-state index contributed by atoms with van der Waals surface area (Å²) >= 11 is 0. The first kappa shape index (κ1) is 18.1. The Morgan fingerprint density at radius 1 is 1.24 bits per heavy atom. The van der Waals surface area contributed by atoms with Crippen LogP contribution in [0.25, 0.3) is 0 Å². The summed E-state index contributed by atoms with van der Waals surface area (Å²) in [7, 11) is -0.876. The quantitative estimate of drug-likeness (QED) is 0.718. The second kappa shape index (κ2) is 8.51. The van der Waals surface area contributed by atoms with Crippen molar-refractivity contribution in [2.45, 2.75) is 63.5 Å². The number of carbonyl (C=O) groups is 2. The van der Waals surface area contributed by atoms with Crippen molar-refractivity contribution in [1.82, 2.24) is 5.32 Å². The van der Waals surface area contributed by atoms with Gasteiger partial charge in [0.25, 0.3) is 0 Å². The molecule has 5 nitrogen and oxygen atoms in total. The lowest BCUT2D eigenvalue weighted by molar-refractivity contribution is -0.141. The Hall–Kier alpha value is -0.910. The van der Waals surface area contributed by atoms with Crippen LogP contribution in [0.15, 0.2) is 0 Å². The number of carboxylic acid groups (broad SMARTS) is 1. The fourth-order valence-electron chi connectivity index (χ4n) is 3.02. The summed E-state index contributed by atoms with van der Waals surface area (Å²) < 4.78 is 11.2. The molecule has 0 radical (unpaired) electrons. The van der Waals surface area contributed by atoms with E-state index in [-0.39, 0.29) is 23.0 Å².